The van der Waals surface area contributed by atoms with Crippen LogP contribution in [0.1, 0.15) is 10.4 Å². The molecule has 0 unspecified atom stereocenters. The van der Waals surface area contributed by atoms with E-state index >= 15 is 0 Å². The van der Waals surface area contributed by atoms with Crippen LogP contribution >= 0.6 is 0 Å². The average Bonchev–Trinajstić information content (AvgIpc) is 2.31. The summed E-state index contributed by atoms with van der Waals surface area (Å²) in [6.45, 7) is 0. The Balaban J connectivity index is 2.12. The van der Waals surface area contributed by atoms with E-state index < -0.39 is 0 Å². The first-order valence-electron chi connectivity index (χ1n) is 4.71. The Bertz CT molecular complexity index is 440. The predicted octanol–water partition coefficient (Wildman–Crippen LogP) is 1.12. The van der Waals surface area contributed by atoms with E-state index in [1.807, 2.05) is 30.3 Å². The van der Waals surface area contributed by atoms with Crippen molar-refractivity contribution in [2.24, 2.45) is 0 Å². The number of carbonyl (C=O) groups excluding carboxylic acids is 1. The minimum absolute atomic E-state index is 0.0192. The van der Waals surface area contributed by atoms with Crippen LogP contribution in [0.2, 0.25) is 0 Å². The van der Waals surface area contributed by atoms with E-state index in [-0.39, 0.29) is 5.91 Å². The van der Waals surface area contributed by atoms with Crippen molar-refractivity contribution in [1.29, 1.82) is 0 Å². The lowest BCUT2D eigenvalue weighted by molar-refractivity contribution is -0.468. The maximum atomic E-state index is 11.7. The Morgan fingerprint density at radius 1 is 1.00 bits per heavy atom. The fraction of sp³-hybridized carbons (Fsp3) is 0. The normalized spacial score (nSPS) is 9.87. The number of benzene rings is 1. The number of nitrogens with zero attached hydrogens (tertiary/aromatic N) is 1. The van der Waals surface area contributed by atoms with Crippen LogP contribution in [-0.2, 0) is 0 Å². The van der Waals surface area contributed by atoms with E-state index in [0.717, 1.165) is 0 Å². The van der Waals surface area contributed by atoms with Crippen LogP contribution in [-0.4, -0.2) is 10.9 Å². The third-order valence-corrected chi connectivity index (χ3v) is 2.03. The molecular formula is C12H11N2O+. The summed E-state index contributed by atoms with van der Waals surface area (Å²) in [6, 6.07) is 14.7. The molecule has 2 rings (SSSR count). The van der Waals surface area contributed by atoms with Crippen LogP contribution in [0.3, 0.4) is 0 Å². The van der Waals surface area contributed by atoms with E-state index in [0.29, 0.717) is 11.4 Å². The van der Waals surface area contributed by atoms with Crippen molar-refractivity contribution in [1.82, 2.24) is 4.98 Å². The molecule has 0 atom stereocenters. The molecule has 0 saturated carbocycles. The number of hydrogen-bond acceptors (Lipinski definition) is 2. The quantitative estimate of drug-likeness (QED) is 0.787. The summed E-state index contributed by atoms with van der Waals surface area (Å²) >= 11 is 0. The Hall–Kier alpha value is -2.00. The molecule has 2 N–H and O–H groups in total. The number of quaternary nitrogens is 1. The highest BCUT2D eigenvalue weighted by atomic mass is 16.1. The van der Waals surface area contributed by atoms with Gasteiger partial charge in [0.15, 0.2) is 0 Å². The maximum absolute atomic E-state index is 11.7. The van der Waals surface area contributed by atoms with Gasteiger partial charge >= 0.3 is 5.91 Å². The molecule has 3 nitrogen and oxygen atoms in total. The molecule has 0 bridgehead atoms. The zero-order valence-corrected chi connectivity index (χ0v) is 8.13. The molecule has 0 aliphatic rings. The molecule has 0 aliphatic carbocycles. The predicted molar refractivity (Wildman–Crippen MR) is 56.6 cm³/mol. The van der Waals surface area contributed by atoms with Crippen LogP contribution < -0.4 is 5.32 Å². The molecule has 0 saturated heterocycles. The molecule has 1 amide bonds. The fourth-order valence-corrected chi connectivity index (χ4v) is 1.28. The maximum Gasteiger partial charge on any atom is 0.348 e. The van der Waals surface area contributed by atoms with Crippen molar-refractivity contribution in [3.8, 4) is 0 Å². The lowest BCUT2D eigenvalue weighted by atomic mass is 10.2. The van der Waals surface area contributed by atoms with E-state index in [2.05, 4.69) is 4.98 Å². The van der Waals surface area contributed by atoms with Gasteiger partial charge in [-0.3, -0.25) is 0 Å². The minimum atomic E-state index is -0.0192. The summed E-state index contributed by atoms with van der Waals surface area (Å²) < 4.78 is 0. The number of carbonyl (C=O) groups is 1. The average molecular weight is 199 g/mol. The van der Waals surface area contributed by atoms with Gasteiger partial charge in [0, 0.05) is 12.3 Å². The molecule has 1 heterocycles. The third kappa shape index (κ3) is 2.48. The number of primary amides is 1. The second kappa shape index (κ2) is 4.48. The van der Waals surface area contributed by atoms with Crippen molar-refractivity contribution in [3.05, 3.63) is 60.3 Å². The van der Waals surface area contributed by atoms with Gasteiger partial charge in [-0.15, -0.1) is 0 Å². The van der Waals surface area contributed by atoms with Gasteiger partial charge in [-0.25, -0.2) is 15.1 Å². The fourth-order valence-electron chi connectivity index (χ4n) is 1.28. The molecule has 15 heavy (non-hydrogen) atoms. The number of pyridine rings is 1. The van der Waals surface area contributed by atoms with Crippen LogP contribution in [0.15, 0.2) is 54.7 Å². The topological polar surface area (TPSA) is 46.6 Å². The largest absolute Gasteiger partial charge is 0.348 e. The summed E-state index contributed by atoms with van der Waals surface area (Å²) in [5.41, 5.74) is 0.683. The van der Waals surface area contributed by atoms with Gasteiger partial charge in [0.2, 0.25) is 5.82 Å². The van der Waals surface area contributed by atoms with Crippen LogP contribution in [0.25, 0.3) is 0 Å². The van der Waals surface area contributed by atoms with E-state index in [1.165, 1.54) is 5.32 Å². The third-order valence-electron chi connectivity index (χ3n) is 2.03. The molecule has 2 aromatic rings. The summed E-state index contributed by atoms with van der Waals surface area (Å²) in [5.74, 6) is 0.667. The van der Waals surface area contributed by atoms with E-state index in [1.54, 1.807) is 24.4 Å². The SMILES string of the molecule is O=C([NH2+]c1ccccn1)c1ccccc1. The minimum Gasteiger partial charge on any atom is -0.230 e. The smallest absolute Gasteiger partial charge is 0.230 e. The number of nitrogens with two attached hydrogens (primary N) is 1. The van der Waals surface area contributed by atoms with Gasteiger partial charge in [-0.2, -0.15) is 0 Å². The molecule has 3 heteroatoms. The van der Waals surface area contributed by atoms with Gasteiger partial charge in [0.05, 0.1) is 5.56 Å². The van der Waals surface area contributed by atoms with Crippen LogP contribution in [0.4, 0.5) is 5.82 Å². The molecule has 1 aromatic heterocycles. The highest BCUT2D eigenvalue weighted by molar-refractivity contribution is 5.87. The highest BCUT2D eigenvalue weighted by Gasteiger charge is 2.10. The van der Waals surface area contributed by atoms with Gasteiger partial charge in [0.25, 0.3) is 0 Å². The van der Waals surface area contributed by atoms with Gasteiger partial charge in [0.1, 0.15) is 0 Å². The first-order valence-corrected chi connectivity index (χ1v) is 4.71. The number of rotatable bonds is 2. The number of aromatic nitrogens is 1. The summed E-state index contributed by atoms with van der Waals surface area (Å²) in [6.07, 6.45) is 1.67. The van der Waals surface area contributed by atoms with Crippen molar-refractivity contribution < 1.29 is 10.1 Å². The molecule has 0 radical (unpaired) electrons. The van der Waals surface area contributed by atoms with Crippen LogP contribution in [0, 0.1) is 0 Å². The summed E-state index contributed by atoms with van der Waals surface area (Å²) in [5, 5.41) is 1.54. The van der Waals surface area contributed by atoms with E-state index in [4.69, 9.17) is 0 Å². The zero-order chi connectivity index (χ0) is 10.5. The first-order chi connectivity index (χ1) is 7.36. The Labute approximate surface area is 87.8 Å². The lowest BCUT2D eigenvalue weighted by Gasteiger charge is -1.97. The van der Waals surface area contributed by atoms with Crippen molar-refractivity contribution >= 4 is 11.7 Å². The Kier molecular flexibility index (Phi) is 2.85. The lowest BCUT2D eigenvalue weighted by Crippen LogP contribution is -2.82. The molecule has 1 aromatic carbocycles. The zero-order valence-electron chi connectivity index (χ0n) is 8.13. The second-order valence-electron chi connectivity index (χ2n) is 3.13. The van der Waals surface area contributed by atoms with E-state index in [9.17, 15) is 4.79 Å². The standard InChI is InChI=1S/C12H10N2O/c15-12(10-6-2-1-3-7-10)14-11-8-4-5-9-13-11/h1-9H,(H,13,14,15)/p+1. The van der Waals surface area contributed by atoms with Crippen molar-refractivity contribution in [3.63, 3.8) is 0 Å². The van der Waals surface area contributed by atoms with Crippen LogP contribution in [0.5, 0.6) is 0 Å². The van der Waals surface area contributed by atoms with Gasteiger partial charge in [-0.05, 0) is 18.2 Å². The molecule has 0 spiro atoms. The Morgan fingerprint density at radius 2 is 1.73 bits per heavy atom. The van der Waals surface area contributed by atoms with Gasteiger partial charge in [-0.1, -0.05) is 24.3 Å². The van der Waals surface area contributed by atoms with Crippen molar-refractivity contribution in [2.75, 3.05) is 0 Å². The first kappa shape index (κ1) is 9.55. The molecule has 74 valence electrons. The van der Waals surface area contributed by atoms with Crippen molar-refractivity contribution in [2.45, 2.75) is 0 Å². The molecule has 0 aliphatic heterocycles. The highest BCUT2D eigenvalue weighted by Crippen LogP contribution is 1.97. The monoisotopic (exact) mass is 199 g/mol. The molecule has 0 fully saturated rings. The summed E-state index contributed by atoms with van der Waals surface area (Å²) in [7, 11) is 0. The second-order valence-corrected chi connectivity index (χ2v) is 3.13. The summed E-state index contributed by atoms with van der Waals surface area (Å²) in [4.78, 5) is 15.8. The number of hydrogen-bond donors (Lipinski definition) is 1. The Morgan fingerprint density at radius 3 is 2.40 bits per heavy atom. The number of amides is 1. The molecular weight excluding hydrogens is 188 g/mol. The van der Waals surface area contributed by atoms with Gasteiger partial charge < -0.3 is 0 Å².